The van der Waals surface area contributed by atoms with Gasteiger partial charge < -0.3 is 24.8 Å². The molecule has 0 bridgehead atoms. The molecule has 0 amide bonds. The average Bonchev–Trinajstić information content (AvgIpc) is 3.67. The van der Waals surface area contributed by atoms with Crippen molar-refractivity contribution in [2.75, 3.05) is 0 Å². The molecule has 4 aromatic rings. The predicted octanol–water partition coefficient (Wildman–Crippen LogP) is 5.07. The smallest absolute Gasteiger partial charge is 1.00 e. The molecule has 0 heterocycles. The van der Waals surface area contributed by atoms with Crippen molar-refractivity contribution in [3.8, 4) is 0 Å². The molecule has 3 aliphatic carbocycles. The zero-order valence-electron chi connectivity index (χ0n) is 27.6. The molecule has 0 saturated carbocycles. The van der Waals surface area contributed by atoms with E-state index in [0.717, 1.165) is 0 Å². The van der Waals surface area contributed by atoms with Crippen LogP contribution in [0.4, 0.5) is 0 Å². The van der Waals surface area contributed by atoms with E-state index in [1.54, 1.807) is 0 Å². The van der Waals surface area contributed by atoms with Crippen molar-refractivity contribution in [2.24, 2.45) is 11.3 Å². The quantitative estimate of drug-likeness (QED) is 0.244. The second-order valence-corrected chi connectivity index (χ2v) is 16.1. The third-order valence-electron chi connectivity index (χ3n) is 8.80. The van der Waals surface area contributed by atoms with Gasteiger partial charge in [-0.3, -0.25) is 6.08 Å². The normalized spacial score (nSPS) is 17.9. The number of hydrogen-bond acceptors (Lipinski definition) is 0. The molecule has 0 aromatic heterocycles. The van der Waals surface area contributed by atoms with Gasteiger partial charge in [0, 0.05) is 10.8 Å². The summed E-state index contributed by atoms with van der Waals surface area (Å²) in [6, 6.07) is 22.4. The van der Waals surface area contributed by atoms with Gasteiger partial charge >= 0.3 is 70.3 Å². The summed E-state index contributed by atoms with van der Waals surface area (Å²) in [4.78, 5) is 0. The fourth-order valence-electron chi connectivity index (χ4n) is 6.05. The van der Waals surface area contributed by atoms with Gasteiger partial charge in [0.25, 0.3) is 0 Å². The van der Waals surface area contributed by atoms with Crippen LogP contribution in [0.5, 0.6) is 0 Å². The molecule has 1 atom stereocenters. The molecule has 0 aliphatic heterocycles. The minimum absolute atomic E-state index is 0. The maximum absolute atomic E-state index is 3.26. The van der Waals surface area contributed by atoms with Gasteiger partial charge in [0.15, 0.2) is 0 Å². The van der Waals surface area contributed by atoms with Crippen LogP contribution in [-0.2, 0) is 35.1 Å². The Morgan fingerprint density at radius 2 is 1.27 bits per heavy atom. The summed E-state index contributed by atoms with van der Waals surface area (Å²) in [5.74, 6) is 0.522. The predicted molar refractivity (Wildman–Crippen MR) is 182 cm³/mol. The Balaban J connectivity index is 0.000000211. The Hall–Kier alpha value is -2.18. The van der Waals surface area contributed by atoms with E-state index in [1.165, 1.54) is 82.4 Å². The third kappa shape index (κ3) is 7.61. The summed E-state index contributed by atoms with van der Waals surface area (Å²) in [6.07, 6.45) is 16.9. The SMILES string of the molecule is CC1(C)C=Cc2cc3c(cc21)[cH-]c1cc2c(cc13)C=CC2(C)C.CC1[C-]=CC(C(C)(C)C)=C1.C[C](=[Zr+2])c1ccccc1.[Cl-].[Cl-]. The van der Waals surface area contributed by atoms with Crippen molar-refractivity contribution in [1.82, 2.24) is 0 Å². The average molecular weight is 699 g/mol. The number of hydrogen-bond donors (Lipinski definition) is 0. The van der Waals surface area contributed by atoms with Crippen LogP contribution in [0.3, 0.4) is 0 Å². The maximum atomic E-state index is 3.26. The third-order valence-corrected chi connectivity index (χ3v) is 9.51. The van der Waals surface area contributed by atoms with Crippen LogP contribution in [0.1, 0.15) is 90.1 Å². The van der Waals surface area contributed by atoms with E-state index in [1.807, 2.05) is 6.07 Å². The number of benzene rings is 3. The largest absolute Gasteiger partial charge is 1.00 e. The van der Waals surface area contributed by atoms with Gasteiger partial charge in [-0.2, -0.15) is 11.6 Å². The van der Waals surface area contributed by atoms with Gasteiger partial charge in [0.1, 0.15) is 0 Å². The topological polar surface area (TPSA) is 0 Å². The van der Waals surface area contributed by atoms with Crippen molar-refractivity contribution < 1.29 is 49.0 Å². The van der Waals surface area contributed by atoms with Gasteiger partial charge in [0.2, 0.25) is 0 Å². The first-order valence-electron chi connectivity index (χ1n) is 15.2. The number of allylic oxidation sites excluding steroid dienone is 6. The second kappa shape index (κ2) is 13.7. The van der Waals surface area contributed by atoms with Crippen LogP contribution >= 0.6 is 0 Å². The molecular weight excluding hydrogens is 655 g/mol. The number of rotatable bonds is 1. The molecule has 0 nitrogen and oxygen atoms in total. The minimum atomic E-state index is 0. The van der Waals surface area contributed by atoms with Crippen LogP contribution in [0.25, 0.3) is 33.7 Å². The molecule has 3 heteroatoms. The van der Waals surface area contributed by atoms with E-state index in [2.05, 4.69) is 159 Å². The summed E-state index contributed by atoms with van der Waals surface area (Å²) in [6.45, 7) is 20.2. The fourth-order valence-corrected chi connectivity index (χ4v) is 6.46. The van der Waals surface area contributed by atoms with E-state index < -0.39 is 0 Å². The second-order valence-electron chi connectivity index (χ2n) is 14.3. The van der Waals surface area contributed by atoms with E-state index >= 15 is 0 Å². The first kappa shape index (κ1) is 36.3. The van der Waals surface area contributed by atoms with Crippen LogP contribution in [-0.4, -0.2) is 3.21 Å². The first-order valence-corrected chi connectivity index (χ1v) is 16.4. The van der Waals surface area contributed by atoms with Crippen LogP contribution in [0, 0.1) is 17.4 Å². The summed E-state index contributed by atoms with van der Waals surface area (Å²) in [5.41, 5.74) is 9.06. The van der Waals surface area contributed by atoms with Gasteiger partial charge in [-0.1, -0.05) is 114 Å². The van der Waals surface area contributed by atoms with Crippen molar-refractivity contribution in [1.29, 1.82) is 0 Å². The molecule has 228 valence electrons. The zero-order valence-corrected chi connectivity index (χ0v) is 31.5. The Morgan fingerprint density at radius 1 is 0.795 bits per heavy atom. The van der Waals surface area contributed by atoms with Crippen molar-refractivity contribution >= 4 is 36.9 Å². The molecule has 3 aliphatic rings. The molecule has 0 spiro atoms. The summed E-state index contributed by atoms with van der Waals surface area (Å²) < 4.78 is 1.46. The maximum Gasteiger partial charge on any atom is -1.00 e. The molecule has 0 saturated heterocycles. The molecular formula is C41H44Cl2Zr-2. The molecule has 44 heavy (non-hydrogen) atoms. The Bertz CT molecular complexity index is 1700. The van der Waals surface area contributed by atoms with Gasteiger partial charge in [0.05, 0.1) is 0 Å². The standard InChI is InChI=1S/C23H21.C10H15.C8H8.2ClH.Zr/c1-22(2)7-5-14-10-18-16(12-20(14)22)9-17-13-21-15(11-19(17)18)6-8-23(21,3)4;1-8-5-6-9(7-8)10(2,3)4;1-2-8-6-4-3-5-7-8;;;/h5-13H,1-4H3;6-8H,1-4H3;3-7H,1H3;2*1H;/q2*-1;;;;+2/p-2. The monoisotopic (exact) mass is 696 g/mol. The van der Waals surface area contributed by atoms with Crippen LogP contribution < -0.4 is 24.8 Å². The summed E-state index contributed by atoms with van der Waals surface area (Å²) in [7, 11) is 0. The molecule has 4 aromatic carbocycles. The van der Waals surface area contributed by atoms with Gasteiger partial charge in [-0.25, -0.2) is 6.08 Å². The molecule has 0 fully saturated rings. The van der Waals surface area contributed by atoms with Gasteiger partial charge in [-0.05, 0) is 11.1 Å². The summed E-state index contributed by atoms with van der Waals surface area (Å²) >= 11 is 1.51. The van der Waals surface area contributed by atoms with Gasteiger partial charge in [-0.15, -0.1) is 39.7 Å². The van der Waals surface area contributed by atoms with E-state index in [0.29, 0.717) is 11.3 Å². The molecule has 0 radical (unpaired) electrons. The van der Waals surface area contributed by atoms with E-state index in [-0.39, 0.29) is 35.6 Å². The summed E-state index contributed by atoms with van der Waals surface area (Å²) in [5, 5.41) is 5.53. The number of fused-ring (bicyclic) bond motifs is 5. The first-order chi connectivity index (χ1) is 19.7. The molecule has 0 N–H and O–H groups in total. The van der Waals surface area contributed by atoms with Crippen LogP contribution in [0.15, 0.2) is 90.5 Å². The fraction of sp³-hybridized carbons (Fsp3) is 0.317. The minimum Gasteiger partial charge on any atom is -1.00 e. The van der Waals surface area contributed by atoms with E-state index in [4.69, 9.17) is 0 Å². The number of halogens is 2. The van der Waals surface area contributed by atoms with Crippen molar-refractivity contribution in [3.05, 3.63) is 124 Å². The Morgan fingerprint density at radius 3 is 1.61 bits per heavy atom. The van der Waals surface area contributed by atoms with E-state index in [9.17, 15) is 0 Å². The Kier molecular flexibility index (Phi) is 11.3. The Labute approximate surface area is 292 Å². The van der Waals surface area contributed by atoms with Crippen molar-refractivity contribution in [3.63, 3.8) is 0 Å². The zero-order chi connectivity index (χ0) is 30.4. The van der Waals surface area contributed by atoms with Crippen LogP contribution in [0.2, 0.25) is 0 Å². The molecule has 7 rings (SSSR count). The molecule has 1 unspecified atom stereocenters. The van der Waals surface area contributed by atoms with Crippen molar-refractivity contribution in [2.45, 2.75) is 73.1 Å².